The second-order valence-corrected chi connectivity index (χ2v) is 5.89. The standard InChI is InChI=1S/C20H17N7O/c1-12-5-3-4-6-16(12)25-13(2)26-20(28)18-19(22)24-11-17(27-18)15-7-8-23-10-14(15)9-21/h3-8,10-11,25H,2H2,1H3,(H2,22,24)(H,26,28). The molecular formula is C20H17N7O. The minimum atomic E-state index is -0.564. The van der Waals surface area contributed by atoms with E-state index in [0.29, 0.717) is 16.8 Å². The van der Waals surface area contributed by atoms with Gasteiger partial charge in [0.05, 0.1) is 17.5 Å². The molecule has 1 aromatic carbocycles. The van der Waals surface area contributed by atoms with Crippen LogP contribution in [0.15, 0.2) is 61.3 Å². The van der Waals surface area contributed by atoms with Crippen LogP contribution in [-0.2, 0) is 0 Å². The Bertz CT molecular complexity index is 1100. The molecule has 138 valence electrons. The zero-order chi connectivity index (χ0) is 20.1. The first-order valence-electron chi connectivity index (χ1n) is 8.29. The number of nitrogens with zero attached hydrogens (tertiary/aromatic N) is 4. The predicted octanol–water partition coefficient (Wildman–Crippen LogP) is 2.61. The highest BCUT2D eigenvalue weighted by atomic mass is 16.2. The summed E-state index contributed by atoms with van der Waals surface area (Å²) in [6.07, 6.45) is 4.35. The summed E-state index contributed by atoms with van der Waals surface area (Å²) < 4.78 is 0. The maximum absolute atomic E-state index is 12.6. The lowest BCUT2D eigenvalue weighted by atomic mass is 10.1. The number of anilines is 2. The predicted molar refractivity (Wildman–Crippen MR) is 106 cm³/mol. The van der Waals surface area contributed by atoms with Gasteiger partial charge in [0.2, 0.25) is 0 Å². The number of rotatable bonds is 5. The minimum absolute atomic E-state index is 0.0301. The van der Waals surface area contributed by atoms with Gasteiger partial charge in [0.15, 0.2) is 11.5 Å². The van der Waals surface area contributed by atoms with Crippen LogP contribution in [0, 0.1) is 18.3 Å². The highest BCUT2D eigenvalue weighted by molar-refractivity contribution is 5.98. The van der Waals surface area contributed by atoms with E-state index >= 15 is 0 Å². The van der Waals surface area contributed by atoms with Gasteiger partial charge in [0.1, 0.15) is 11.9 Å². The maximum atomic E-state index is 12.6. The van der Waals surface area contributed by atoms with Crippen molar-refractivity contribution in [3.63, 3.8) is 0 Å². The quantitative estimate of drug-likeness (QED) is 0.628. The topological polar surface area (TPSA) is 130 Å². The van der Waals surface area contributed by atoms with Crippen LogP contribution in [0.1, 0.15) is 21.6 Å². The number of nitrogen functional groups attached to an aromatic ring is 1. The van der Waals surface area contributed by atoms with Gasteiger partial charge in [0.25, 0.3) is 5.91 Å². The van der Waals surface area contributed by atoms with Gasteiger partial charge in [-0.15, -0.1) is 0 Å². The summed E-state index contributed by atoms with van der Waals surface area (Å²) in [5.41, 5.74) is 8.75. The van der Waals surface area contributed by atoms with Crippen molar-refractivity contribution in [3.05, 3.63) is 78.1 Å². The molecule has 0 aliphatic heterocycles. The van der Waals surface area contributed by atoms with E-state index in [1.54, 1.807) is 6.07 Å². The zero-order valence-electron chi connectivity index (χ0n) is 15.1. The van der Waals surface area contributed by atoms with E-state index in [4.69, 9.17) is 5.73 Å². The van der Waals surface area contributed by atoms with Crippen LogP contribution in [0.4, 0.5) is 11.5 Å². The van der Waals surface area contributed by atoms with E-state index in [2.05, 4.69) is 32.2 Å². The lowest BCUT2D eigenvalue weighted by Crippen LogP contribution is -2.28. The summed E-state index contributed by atoms with van der Waals surface area (Å²) in [7, 11) is 0. The van der Waals surface area contributed by atoms with Gasteiger partial charge in [0, 0.05) is 23.6 Å². The number of nitrogens with two attached hydrogens (primary N) is 1. The van der Waals surface area contributed by atoms with Crippen LogP contribution in [0.3, 0.4) is 0 Å². The molecular weight excluding hydrogens is 354 g/mol. The third-order valence-electron chi connectivity index (χ3n) is 3.93. The van der Waals surface area contributed by atoms with E-state index < -0.39 is 5.91 Å². The average Bonchev–Trinajstić information content (AvgIpc) is 2.70. The van der Waals surface area contributed by atoms with Crippen molar-refractivity contribution in [2.24, 2.45) is 0 Å². The fraction of sp³-hybridized carbons (Fsp3) is 0.0500. The fourth-order valence-corrected chi connectivity index (χ4v) is 2.51. The normalized spacial score (nSPS) is 10.0. The van der Waals surface area contributed by atoms with Crippen LogP contribution in [0.5, 0.6) is 0 Å². The Hall–Kier alpha value is -4.25. The summed E-state index contributed by atoms with van der Waals surface area (Å²) in [5.74, 6) is -0.324. The Morgan fingerprint density at radius 1 is 1.25 bits per heavy atom. The second-order valence-electron chi connectivity index (χ2n) is 5.89. The number of aryl methyl sites for hydroxylation is 1. The van der Waals surface area contributed by atoms with Gasteiger partial charge in [-0.1, -0.05) is 24.8 Å². The van der Waals surface area contributed by atoms with Gasteiger partial charge in [-0.2, -0.15) is 5.26 Å². The Morgan fingerprint density at radius 2 is 2.04 bits per heavy atom. The smallest absolute Gasteiger partial charge is 0.279 e. The molecule has 3 aromatic rings. The maximum Gasteiger partial charge on any atom is 0.279 e. The monoisotopic (exact) mass is 371 g/mol. The average molecular weight is 371 g/mol. The number of pyridine rings is 1. The first-order valence-corrected chi connectivity index (χ1v) is 8.29. The third kappa shape index (κ3) is 3.94. The van der Waals surface area contributed by atoms with Gasteiger partial charge < -0.3 is 16.4 Å². The number of hydrogen-bond donors (Lipinski definition) is 3. The molecule has 0 fully saturated rings. The highest BCUT2D eigenvalue weighted by Gasteiger charge is 2.17. The molecule has 0 aliphatic carbocycles. The molecule has 0 aliphatic rings. The van der Waals surface area contributed by atoms with Crippen molar-refractivity contribution >= 4 is 17.4 Å². The summed E-state index contributed by atoms with van der Waals surface area (Å²) in [4.78, 5) is 24.8. The molecule has 0 saturated heterocycles. The molecule has 2 heterocycles. The summed E-state index contributed by atoms with van der Waals surface area (Å²) in [6, 6.07) is 11.3. The van der Waals surface area contributed by atoms with E-state index in [-0.39, 0.29) is 17.3 Å². The first-order chi connectivity index (χ1) is 13.5. The minimum Gasteiger partial charge on any atom is -0.382 e. The molecule has 4 N–H and O–H groups in total. The van der Waals surface area contributed by atoms with E-state index in [1.165, 1.54) is 18.6 Å². The number of amides is 1. The van der Waals surface area contributed by atoms with Gasteiger partial charge in [-0.3, -0.25) is 9.78 Å². The molecule has 3 rings (SSSR count). The SMILES string of the molecule is C=C(NC(=O)c1nc(-c2ccncc2C#N)cnc1N)Nc1ccccc1C. The molecule has 0 spiro atoms. The van der Waals surface area contributed by atoms with E-state index in [0.717, 1.165) is 11.3 Å². The van der Waals surface area contributed by atoms with Crippen molar-refractivity contribution in [3.8, 4) is 17.3 Å². The van der Waals surface area contributed by atoms with Crippen molar-refractivity contribution in [1.82, 2.24) is 20.3 Å². The van der Waals surface area contributed by atoms with Crippen LogP contribution < -0.4 is 16.4 Å². The molecule has 2 aromatic heterocycles. The number of benzene rings is 1. The van der Waals surface area contributed by atoms with Crippen LogP contribution in [-0.4, -0.2) is 20.9 Å². The number of nitrogens with one attached hydrogen (secondary N) is 2. The van der Waals surface area contributed by atoms with Gasteiger partial charge in [-0.25, -0.2) is 9.97 Å². The molecule has 0 unspecified atom stereocenters. The van der Waals surface area contributed by atoms with Crippen molar-refractivity contribution in [1.29, 1.82) is 5.26 Å². The molecule has 8 heteroatoms. The van der Waals surface area contributed by atoms with E-state index in [9.17, 15) is 10.1 Å². The van der Waals surface area contributed by atoms with Gasteiger partial charge >= 0.3 is 0 Å². The Kier molecular flexibility index (Phi) is 5.28. The molecule has 8 nitrogen and oxygen atoms in total. The highest BCUT2D eigenvalue weighted by Crippen LogP contribution is 2.21. The third-order valence-corrected chi connectivity index (χ3v) is 3.93. The molecule has 28 heavy (non-hydrogen) atoms. The van der Waals surface area contributed by atoms with Crippen molar-refractivity contribution < 1.29 is 4.79 Å². The van der Waals surface area contributed by atoms with Crippen LogP contribution in [0.2, 0.25) is 0 Å². The molecule has 0 bridgehead atoms. The number of nitriles is 1. The number of carbonyl (C=O) groups is 1. The number of aromatic nitrogens is 3. The summed E-state index contributed by atoms with van der Waals surface area (Å²) in [5, 5.41) is 14.9. The fourth-order valence-electron chi connectivity index (χ4n) is 2.51. The van der Waals surface area contributed by atoms with Crippen LogP contribution >= 0.6 is 0 Å². The van der Waals surface area contributed by atoms with E-state index in [1.807, 2.05) is 37.3 Å². The summed E-state index contributed by atoms with van der Waals surface area (Å²) in [6.45, 7) is 5.75. The lowest BCUT2D eigenvalue weighted by molar-refractivity contribution is 0.0962. The molecule has 0 saturated carbocycles. The van der Waals surface area contributed by atoms with Crippen LogP contribution in [0.25, 0.3) is 11.3 Å². The first kappa shape index (κ1) is 18.5. The zero-order valence-corrected chi connectivity index (χ0v) is 15.1. The lowest BCUT2D eigenvalue weighted by Gasteiger charge is -2.13. The largest absolute Gasteiger partial charge is 0.382 e. The van der Waals surface area contributed by atoms with Crippen molar-refractivity contribution in [2.75, 3.05) is 11.1 Å². The van der Waals surface area contributed by atoms with Gasteiger partial charge in [-0.05, 0) is 24.6 Å². The molecule has 0 radical (unpaired) electrons. The Morgan fingerprint density at radius 3 is 2.79 bits per heavy atom. The number of para-hydroxylation sites is 1. The second kappa shape index (κ2) is 7.97. The number of carbonyl (C=O) groups excluding carboxylic acids is 1. The Balaban J connectivity index is 1.83. The summed E-state index contributed by atoms with van der Waals surface area (Å²) >= 11 is 0. The number of hydrogen-bond acceptors (Lipinski definition) is 7. The Labute approximate surface area is 161 Å². The van der Waals surface area contributed by atoms with Crippen molar-refractivity contribution in [2.45, 2.75) is 6.92 Å². The molecule has 1 amide bonds. The molecule has 0 atom stereocenters.